The SMILES string of the molecule is CC[C@]1(O)[C@H](n2ccc(=O)[nH]c2=O)O[C@]2(F)C(OP(=O)(O)OP(=O)(O)OP(=O)(O)O)[C@@]21O. The normalized spacial score (nSPS) is 38.0. The molecule has 1 aromatic rings. The number of rotatable bonds is 8. The molecule has 182 valence electrons. The number of halogens is 1. The van der Waals surface area contributed by atoms with Gasteiger partial charge in [0.2, 0.25) is 0 Å². The largest absolute Gasteiger partial charge is 0.490 e. The maximum Gasteiger partial charge on any atom is 0.490 e. The Balaban J connectivity index is 1.88. The Kier molecular flexibility index (Phi) is 5.94. The number of aromatic nitrogens is 2. The van der Waals surface area contributed by atoms with Crippen LogP contribution in [0.3, 0.4) is 0 Å². The highest BCUT2D eigenvalue weighted by molar-refractivity contribution is 7.66. The fraction of sp³-hybridized carbons (Fsp3) is 0.636. The van der Waals surface area contributed by atoms with Crippen molar-refractivity contribution in [3.05, 3.63) is 33.1 Å². The quantitative estimate of drug-likeness (QED) is 0.186. The lowest BCUT2D eigenvalue weighted by Crippen LogP contribution is -2.53. The number of fused-ring (bicyclic) bond motifs is 1. The Morgan fingerprint density at radius 1 is 1.16 bits per heavy atom. The second-order valence-corrected chi connectivity index (χ2v) is 11.1. The standard InChI is InChI=1S/C11H16FN2O15P3/c1-2-9(17)7(14-4-3-5(15)13-8(14)16)26-11(12)6(10(9,11)18)27-31(22,23)29-32(24,25)28-30(19,20)21/h3-4,6-7,17-18H,2H2,1H3,(H,22,23)(H,24,25)(H,13,15,16)(H2,19,20,21)/t6?,7-,9+,10+,11-/m1/s1. The monoisotopic (exact) mass is 528 g/mol. The molecule has 3 unspecified atom stereocenters. The minimum atomic E-state index is -5.94. The Bertz CT molecular complexity index is 1200. The van der Waals surface area contributed by atoms with Gasteiger partial charge in [-0.05, 0) is 6.42 Å². The van der Waals surface area contributed by atoms with Crippen LogP contribution in [0.1, 0.15) is 19.6 Å². The molecule has 3 rings (SSSR count). The highest BCUT2D eigenvalue weighted by Gasteiger charge is 2.96. The third kappa shape index (κ3) is 4.01. The van der Waals surface area contributed by atoms with Crippen molar-refractivity contribution in [2.24, 2.45) is 0 Å². The Labute approximate surface area is 175 Å². The third-order valence-corrected chi connectivity index (χ3v) is 8.61. The van der Waals surface area contributed by atoms with E-state index in [1.54, 1.807) is 0 Å². The van der Waals surface area contributed by atoms with Crippen LogP contribution in [-0.4, -0.2) is 62.5 Å². The molecular weight excluding hydrogens is 512 g/mol. The van der Waals surface area contributed by atoms with Crippen molar-refractivity contribution in [2.75, 3.05) is 0 Å². The summed E-state index contributed by atoms with van der Waals surface area (Å²) in [5.74, 6) is -3.47. The first-order valence-corrected chi connectivity index (χ1v) is 12.8. The van der Waals surface area contributed by atoms with Gasteiger partial charge in [0.25, 0.3) is 11.4 Å². The van der Waals surface area contributed by atoms with E-state index in [1.807, 2.05) is 4.98 Å². The van der Waals surface area contributed by atoms with E-state index in [9.17, 15) is 38.4 Å². The molecule has 0 radical (unpaired) electrons. The summed E-state index contributed by atoms with van der Waals surface area (Å²) in [6.45, 7) is 1.21. The lowest BCUT2D eigenvalue weighted by Gasteiger charge is -2.34. The summed E-state index contributed by atoms with van der Waals surface area (Å²) < 4.78 is 65.9. The van der Waals surface area contributed by atoms with Crippen molar-refractivity contribution in [3.63, 3.8) is 0 Å². The van der Waals surface area contributed by atoms with Crippen LogP contribution < -0.4 is 11.2 Å². The molecule has 32 heavy (non-hydrogen) atoms. The topological polar surface area (TPSA) is 264 Å². The van der Waals surface area contributed by atoms with Crippen LogP contribution >= 0.6 is 23.5 Å². The first-order chi connectivity index (χ1) is 14.3. The first kappa shape index (κ1) is 25.5. The fourth-order valence-corrected chi connectivity index (χ4v) is 6.62. The average molecular weight is 528 g/mol. The number of nitrogens with one attached hydrogen (secondary N) is 1. The molecule has 0 amide bonds. The Morgan fingerprint density at radius 2 is 1.75 bits per heavy atom. The molecule has 1 saturated heterocycles. The molecule has 0 spiro atoms. The predicted octanol–water partition coefficient (Wildman–Crippen LogP) is -1.67. The number of phosphoric ester groups is 1. The minimum Gasteiger partial charge on any atom is -0.382 e. The van der Waals surface area contributed by atoms with Crippen molar-refractivity contribution >= 4 is 23.5 Å². The zero-order chi connectivity index (χ0) is 24.5. The minimum absolute atomic E-state index is 0.526. The van der Waals surface area contributed by atoms with Crippen molar-refractivity contribution < 1.29 is 65.8 Å². The molecule has 7 atom stereocenters. The van der Waals surface area contributed by atoms with Gasteiger partial charge < -0.3 is 34.5 Å². The van der Waals surface area contributed by atoms with Gasteiger partial charge in [-0.3, -0.25) is 18.9 Å². The molecule has 1 saturated carbocycles. The molecule has 21 heteroatoms. The average Bonchev–Trinajstić information content (AvgIpc) is 2.96. The van der Waals surface area contributed by atoms with Gasteiger partial charge >= 0.3 is 29.2 Å². The third-order valence-electron chi connectivity index (χ3n) is 4.80. The summed E-state index contributed by atoms with van der Waals surface area (Å²) in [6, 6.07) is 0.823. The summed E-state index contributed by atoms with van der Waals surface area (Å²) in [7, 11) is -17.5. The second kappa shape index (κ2) is 7.45. The van der Waals surface area contributed by atoms with E-state index < -0.39 is 70.5 Å². The molecule has 0 bridgehead atoms. The molecule has 1 aliphatic heterocycles. The smallest absolute Gasteiger partial charge is 0.382 e. The molecule has 1 aromatic heterocycles. The number of aromatic amines is 1. The lowest BCUT2D eigenvalue weighted by molar-refractivity contribution is -0.189. The van der Waals surface area contributed by atoms with Gasteiger partial charge in [-0.1, -0.05) is 6.92 Å². The van der Waals surface area contributed by atoms with Crippen molar-refractivity contribution in [2.45, 2.75) is 42.7 Å². The van der Waals surface area contributed by atoms with Crippen molar-refractivity contribution in [1.29, 1.82) is 0 Å². The summed E-state index contributed by atoms with van der Waals surface area (Å²) >= 11 is 0. The van der Waals surface area contributed by atoms with E-state index in [-0.39, 0.29) is 0 Å². The van der Waals surface area contributed by atoms with E-state index in [2.05, 4.69) is 13.1 Å². The number of phosphoric acid groups is 3. The molecule has 7 N–H and O–H groups in total. The summed E-state index contributed by atoms with van der Waals surface area (Å²) in [5, 5.41) is 21.6. The molecule has 2 heterocycles. The van der Waals surface area contributed by atoms with E-state index >= 15 is 4.39 Å². The van der Waals surface area contributed by atoms with Crippen molar-refractivity contribution in [1.82, 2.24) is 9.55 Å². The van der Waals surface area contributed by atoms with Gasteiger partial charge in [-0.25, -0.2) is 22.9 Å². The van der Waals surface area contributed by atoms with Crippen LogP contribution in [0.25, 0.3) is 0 Å². The summed E-state index contributed by atoms with van der Waals surface area (Å²) in [5.41, 5.74) is -7.86. The maximum atomic E-state index is 15.3. The number of ether oxygens (including phenoxy) is 1. The van der Waals surface area contributed by atoms with Crippen LogP contribution in [-0.2, 0) is 31.6 Å². The zero-order valence-corrected chi connectivity index (χ0v) is 18.2. The molecule has 17 nitrogen and oxygen atoms in total. The number of alkyl halides is 1. The molecular formula is C11H16FN2O15P3. The summed E-state index contributed by atoms with van der Waals surface area (Å²) in [6.07, 6.45) is -4.24. The first-order valence-electron chi connectivity index (χ1n) is 8.27. The van der Waals surface area contributed by atoms with E-state index in [0.717, 1.165) is 12.3 Å². The predicted molar refractivity (Wildman–Crippen MR) is 94.2 cm³/mol. The van der Waals surface area contributed by atoms with Crippen LogP contribution in [0, 0.1) is 0 Å². The van der Waals surface area contributed by atoms with Gasteiger partial charge in [0, 0.05) is 12.3 Å². The Morgan fingerprint density at radius 3 is 2.25 bits per heavy atom. The highest BCUT2D eigenvalue weighted by atomic mass is 31.3. The molecule has 0 aromatic carbocycles. The Hall–Kier alpha value is -1.10. The maximum absolute atomic E-state index is 15.3. The van der Waals surface area contributed by atoms with Gasteiger partial charge in [-0.15, -0.1) is 0 Å². The highest BCUT2D eigenvalue weighted by Crippen LogP contribution is 2.74. The fourth-order valence-electron chi connectivity index (χ4n) is 3.41. The second-order valence-electron chi connectivity index (χ2n) is 6.75. The van der Waals surface area contributed by atoms with Gasteiger partial charge in [0.05, 0.1) is 0 Å². The van der Waals surface area contributed by atoms with Gasteiger partial charge in [-0.2, -0.15) is 8.62 Å². The van der Waals surface area contributed by atoms with E-state index in [0.29, 0.717) is 4.57 Å². The van der Waals surface area contributed by atoms with Gasteiger partial charge in [0.15, 0.2) is 17.9 Å². The zero-order valence-electron chi connectivity index (χ0n) is 15.5. The number of aliphatic hydroxyl groups is 2. The number of nitrogens with zero attached hydrogens (tertiary/aromatic N) is 1. The van der Waals surface area contributed by atoms with Gasteiger partial charge in [0.1, 0.15) is 5.60 Å². The molecule has 1 aliphatic carbocycles. The summed E-state index contributed by atoms with van der Waals surface area (Å²) in [4.78, 5) is 60.7. The van der Waals surface area contributed by atoms with Crippen LogP contribution in [0.5, 0.6) is 0 Å². The number of hydrogen-bond donors (Lipinski definition) is 7. The van der Waals surface area contributed by atoms with Crippen LogP contribution in [0.15, 0.2) is 21.9 Å². The number of H-pyrrole nitrogens is 1. The van der Waals surface area contributed by atoms with Crippen LogP contribution in [0.4, 0.5) is 4.39 Å². The molecule has 2 aliphatic rings. The molecule has 2 fully saturated rings. The van der Waals surface area contributed by atoms with Crippen molar-refractivity contribution in [3.8, 4) is 0 Å². The van der Waals surface area contributed by atoms with E-state index in [1.165, 1.54) is 6.92 Å². The van der Waals surface area contributed by atoms with E-state index in [4.69, 9.17) is 19.4 Å². The number of hydrogen-bond acceptors (Lipinski definition) is 11. The lowest BCUT2D eigenvalue weighted by atomic mass is 9.89. The van der Waals surface area contributed by atoms with Crippen LogP contribution in [0.2, 0.25) is 0 Å².